The Kier molecular flexibility index (Phi) is 6.23. The predicted octanol–water partition coefficient (Wildman–Crippen LogP) is 1.31. The molecule has 5 heteroatoms. The van der Waals surface area contributed by atoms with E-state index in [1.165, 1.54) is 0 Å². The van der Waals surface area contributed by atoms with Crippen molar-refractivity contribution in [3.63, 3.8) is 0 Å². The number of hydrogen-bond donors (Lipinski definition) is 0. The minimum Gasteiger partial charge on any atom is -0.377 e. The normalized spacial score (nSPS) is 28.9. The van der Waals surface area contributed by atoms with Crippen molar-refractivity contribution in [2.24, 2.45) is 0 Å². The van der Waals surface area contributed by atoms with Gasteiger partial charge in [-0.15, -0.1) is 0 Å². The summed E-state index contributed by atoms with van der Waals surface area (Å²) < 4.78 is 27.0. The van der Waals surface area contributed by atoms with Crippen molar-refractivity contribution in [1.82, 2.24) is 0 Å². The van der Waals surface area contributed by atoms with Crippen LogP contribution in [0.25, 0.3) is 0 Å². The zero-order valence-electron chi connectivity index (χ0n) is 10.3. The molecule has 0 aromatic carbocycles. The smallest absolute Gasteiger partial charge is 0.157 e. The summed E-state index contributed by atoms with van der Waals surface area (Å²) in [6.45, 7) is 4.00. The first-order valence-corrected chi connectivity index (χ1v) is 6.49. The van der Waals surface area contributed by atoms with Crippen LogP contribution < -0.4 is 0 Å². The summed E-state index contributed by atoms with van der Waals surface area (Å²) in [6.07, 6.45) is 4.18. The topological polar surface area (TPSA) is 46.2 Å². The highest BCUT2D eigenvalue weighted by atomic mass is 16.7. The molecule has 5 nitrogen and oxygen atoms in total. The van der Waals surface area contributed by atoms with Crippen molar-refractivity contribution in [2.75, 3.05) is 39.6 Å². The molecule has 2 fully saturated rings. The Labute approximate surface area is 102 Å². The van der Waals surface area contributed by atoms with Gasteiger partial charge in [-0.2, -0.15) is 0 Å². The first-order chi connectivity index (χ1) is 8.45. The van der Waals surface area contributed by atoms with Gasteiger partial charge in [0.1, 0.15) is 0 Å². The van der Waals surface area contributed by atoms with Gasteiger partial charge in [-0.25, -0.2) is 0 Å². The molecule has 2 saturated heterocycles. The van der Waals surface area contributed by atoms with Crippen LogP contribution in [-0.2, 0) is 23.7 Å². The first-order valence-electron chi connectivity index (χ1n) is 6.49. The van der Waals surface area contributed by atoms with Crippen LogP contribution in [0.5, 0.6) is 0 Å². The zero-order valence-corrected chi connectivity index (χ0v) is 10.3. The van der Waals surface area contributed by atoms with E-state index in [1.807, 2.05) is 0 Å². The molecule has 0 aliphatic carbocycles. The molecule has 0 bridgehead atoms. The maximum Gasteiger partial charge on any atom is 0.157 e. The fraction of sp³-hybridized carbons (Fsp3) is 1.00. The zero-order chi connectivity index (χ0) is 11.8. The van der Waals surface area contributed by atoms with Gasteiger partial charge in [0.05, 0.1) is 26.4 Å². The summed E-state index contributed by atoms with van der Waals surface area (Å²) >= 11 is 0. The van der Waals surface area contributed by atoms with Gasteiger partial charge >= 0.3 is 0 Å². The molecule has 0 radical (unpaired) electrons. The Hall–Kier alpha value is -0.200. The van der Waals surface area contributed by atoms with Crippen molar-refractivity contribution < 1.29 is 23.7 Å². The minimum atomic E-state index is -0.0123. The molecule has 0 aromatic rings. The molecular weight excluding hydrogens is 224 g/mol. The van der Waals surface area contributed by atoms with Crippen molar-refractivity contribution in [3.8, 4) is 0 Å². The number of rotatable bonds is 8. The lowest BCUT2D eigenvalue weighted by atomic mass is 10.4. The largest absolute Gasteiger partial charge is 0.377 e. The minimum absolute atomic E-state index is 0.0123. The quantitative estimate of drug-likeness (QED) is 0.604. The maximum absolute atomic E-state index is 5.47. The highest BCUT2D eigenvalue weighted by Gasteiger charge is 2.16. The Bertz CT molecular complexity index is 167. The fourth-order valence-electron chi connectivity index (χ4n) is 1.94. The third kappa shape index (κ3) is 5.31. The average molecular weight is 246 g/mol. The van der Waals surface area contributed by atoms with Gasteiger partial charge in [0, 0.05) is 26.1 Å². The van der Waals surface area contributed by atoms with Crippen molar-refractivity contribution >= 4 is 0 Å². The van der Waals surface area contributed by atoms with E-state index in [0.717, 1.165) is 38.9 Å². The molecule has 2 unspecified atom stereocenters. The molecule has 2 atom stereocenters. The van der Waals surface area contributed by atoms with E-state index in [-0.39, 0.29) is 12.6 Å². The molecule has 0 spiro atoms. The predicted molar refractivity (Wildman–Crippen MR) is 60.7 cm³/mol. The van der Waals surface area contributed by atoms with Gasteiger partial charge in [-0.3, -0.25) is 0 Å². The third-order valence-corrected chi connectivity index (χ3v) is 2.84. The standard InChI is InChI=1S/C12H22O5/c1-3-11(14-5-1)16-9-7-13-8-10-17-12-4-2-6-15-12/h11-12H,1-10H2. The molecule has 100 valence electrons. The molecule has 2 rings (SSSR count). The highest BCUT2D eigenvalue weighted by Crippen LogP contribution is 2.13. The van der Waals surface area contributed by atoms with Crippen LogP contribution in [0.1, 0.15) is 25.7 Å². The van der Waals surface area contributed by atoms with E-state index in [9.17, 15) is 0 Å². The van der Waals surface area contributed by atoms with Crippen LogP contribution >= 0.6 is 0 Å². The molecule has 0 amide bonds. The molecular formula is C12H22O5. The van der Waals surface area contributed by atoms with Gasteiger partial charge in [-0.05, 0) is 12.8 Å². The van der Waals surface area contributed by atoms with Crippen LogP contribution in [-0.4, -0.2) is 52.2 Å². The summed E-state index contributed by atoms with van der Waals surface area (Å²) in [6, 6.07) is 0. The number of ether oxygens (including phenoxy) is 5. The van der Waals surface area contributed by atoms with Gasteiger partial charge in [0.15, 0.2) is 12.6 Å². The van der Waals surface area contributed by atoms with Crippen LogP contribution in [0.4, 0.5) is 0 Å². The van der Waals surface area contributed by atoms with Crippen LogP contribution in [0, 0.1) is 0 Å². The summed E-state index contributed by atoms with van der Waals surface area (Å²) in [5.41, 5.74) is 0. The molecule has 2 aliphatic heterocycles. The lowest BCUT2D eigenvalue weighted by molar-refractivity contribution is -0.135. The first kappa shape index (κ1) is 13.2. The van der Waals surface area contributed by atoms with Crippen LogP contribution in [0.3, 0.4) is 0 Å². The van der Waals surface area contributed by atoms with Crippen molar-refractivity contribution in [2.45, 2.75) is 38.3 Å². The Morgan fingerprint density at radius 3 is 1.71 bits per heavy atom. The summed E-state index contributed by atoms with van der Waals surface area (Å²) in [5, 5.41) is 0. The second-order valence-electron chi connectivity index (χ2n) is 4.24. The number of hydrogen-bond acceptors (Lipinski definition) is 5. The molecule has 0 aromatic heterocycles. The molecule has 2 aliphatic rings. The molecule has 0 saturated carbocycles. The van der Waals surface area contributed by atoms with E-state index >= 15 is 0 Å². The molecule has 17 heavy (non-hydrogen) atoms. The van der Waals surface area contributed by atoms with Gasteiger partial charge < -0.3 is 23.7 Å². The second kappa shape index (κ2) is 8.00. The summed E-state index contributed by atoms with van der Waals surface area (Å²) in [4.78, 5) is 0. The van der Waals surface area contributed by atoms with E-state index in [0.29, 0.717) is 26.4 Å². The van der Waals surface area contributed by atoms with Gasteiger partial charge in [0.2, 0.25) is 0 Å². The Balaban J connectivity index is 1.33. The lowest BCUT2D eigenvalue weighted by Gasteiger charge is -2.12. The van der Waals surface area contributed by atoms with E-state index in [2.05, 4.69) is 0 Å². The third-order valence-electron chi connectivity index (χ3n) is 2.84. The van der Waals surface area contributed by atoms with Crippen molar-refractivity contribution in [3.05, 3.63) is 0 Å². The van der Waals surface area contributed by atoms with Gasteiger partial charge in [-0.1, -0.05) is 0 Å². The molecule has 0 N–H and O–H groups in total. The average Bonchev–Trinajstić information content (AvgIpc) is 3.00. The molecule has 2 heterocycles. The SMILES string of the molecule is C1COC(OCCOCCOC2CCCO2)C1. The Morgan fingerprint density at radius 1 is 0.765 bits per heavy atom. The fourth-order valence-corrected chi connectivity index (χ4v) is 1.94. The second-order valence-corrected chi connectivity index (χ2v) is 4.24. The highest BCUT2D eigenvalue weighted by molar-refractivity contribution is 4.54. The van der Waals surface area contributed by atoms with E-state index in [1.54, 1.807) is 0 Å². The van der Waals surface area contributed by atoms with Crippen LogP contribution in [0.2, 0.25) is 0 Å². The summed E-state index contributed by atoms with van der Waals surface area (Å²) in [5.74, 6) is 0. The lowest BCUT2D eigenvalue weighted by Crippen LogP contribution is -2.18. The van der Waals surface area contributed by atoms with Crippen molar-refractivity contribution in [1.29, 1.82) is 0 Å². The van der Waals surface area contributed by atoms with E-state index < -0.39 is 0 Å². The Morgan fingerprint density at radius 2 is 1.29 bits per heavy atom. The van der Waals surface area contributed by atoms with Gasteiger partial charge in [0.25, 0.3) is 0 Å². The van der Waals surface area contributed by atoms with Crippen LogP contribution in [0.15, 0.2) is 0 Å². The monoisotopic (exact) mass is 246 g/mol. The maximum atomic E-state index is 5.47. The van der Waals surface area contributed by atoms with E-state index in [4.69, 9.17) is 23.7 Å². The summed E-state index contributed by atoms with van der Waals surface area (Å²) in [7, 11) is 0.